The lowest BCUT2D eigenvalue weighted by Crippen LogP contribution is -2.44. The number of alkyl carbamates (subject to hydrolysis) is 1. The lowest BCUT2D eigenvalue weighted by molar-refractivity contribution is -0.144. The fraction of sp³-hybridized carbons (Fsp3) is 0.242. The first-order valence-corrected chi connectivity index (χ1v) is 16.9. The molecule has 9 nitrogen and oxygen atoms in total. The van der Waals surface area contributed by atoms with E-state index >= 15 is 0 Å². The van der Waals surface area contributed by atoms with Gasteiger partial charge >= 0.3 is 12.1 Å². The maximum Gasteiger partial charge on any atom is 0.408 e. The van der Waals surface area contributed by atoms with E-state index in [9.17, 15) is 23.8 Å². The van der Waals surface area contributed by atoms with Crippen molar-refractivity contribution in [2.75, 3.05) is 13.3 Å². The highest BCUT2D eigenvalue weighted by molar-refractivity contribution is 7.58. The Bertz CT molecular complexity index is 1560. The molecule has 0 aliphatic heterocycles. The van der Waals surface area contributed by atoms with Crippen molar-refractivity contribution in [2.24, 2.45) is 5.92 Å². The van der Waals surface area contributed by atoms with Crippen LogP contribution < -0.4 is 10.6 Å². The number of carbonyl (C=O) groups excluding carboxylic acids is 3. The highest BCUT2D eigenvalue weighted by Crippen LogP contribution is 2.56. The van der Waals surface area contributed by atoms with Crippen molar-refractivity contribution in [3.63, 3.8) is 0 Å². The smallest absolute Gasteiger partial charge is 0.408 e. The second-order valence-corrected chi connectivity index (χ2v) is 13.5. The van der Waals surface area contributed by atoms with Crippen molar-refractivity contribution in [3.05, 3.63) is 118 Å². The van der Waals surface area contributed by atoms with Gasteiger partial charge in [-0.3, -0.25) is 9.36 Å². The lowest BCUT2D eigenvalue weighted by Gasteiger charge is -2.27. The zero-order chi connectivity index (χ0) is 31.5. The minimum atomic E-state index is -4.30. The molecule has 1 aromatic heterocycles. The average molecular weight is 635 g/mol. The van der Waals surface area contributed by atoms with Crippen LogP contribution in [0.1, 0.15) is 29.4 Å². The van der Waals surface area contributed by atoms with Crippen LogP contribution in [0.3, 0.4) is 0 Å². The molecule has 3 N–H and O–H groups in total. The van der Waals surface area contributed by atoms with Gasteiger partial charge in [-0.25, -0.2) is 9.59 Å². The molecule has 0 bridgehead atoms. The summed E-state index contributed by atoms with van der Waals surface area (Å²) in [5.41, 5.74) is 3.96. The number of rotatable bonds is 13. The van der Waals surface area contributed by atoms with E-state index in [1.165, 1.54) is 25.4 Å². The standard InChI is InChI=1S/C33H35N2O7PS/c1-23(32(37)41-2)34-30(36)29(19-24-13-15-27(16-14-24)26-11-7-4-8-12-26)21-43(39,40)31(28-17-18-44-22-28)35-33(38)42-20-25-9-5-3-6-10-25/h3-18,22-23,29,31H,19-21H2,1-2H3,(H,34,36)(H,35,38)(H,39,40)/t23-,29?,31?/m0/s1. The van der Waals surface area contributed by atoms with E-state index in [1.807, 2.05) is 72.8 Å². The quantitative estimate of drug-likeness (QED) is 0.119. The Hall–Kier alpha value is -4.24. The molecular formula is C33H35N2O7PS. The minimum Gasteiger partial charge on any atom is -0.467 e. The number of nitrogens with one attached hydrogen (secondary N) is 2. The van der Waals surface area contributed by atoms with Gasteiger partial charge < -0.3 is 25.0 Å². The first-order valence-electron chi connectivity index (χ1n) is 14.0. The summed E-state index contributed by atoms with van der Waals surface area (Å²) in [7, 11) is -3.09. The number of ether oxygens (including phenoxy) is 2. The molecule has 3 unspecified atom stereocenters. The van der Waals surface area contributed by atoms with Gasteiger partial charge in [-0.15, -0.1) is 0 Å². The van der Waals surface area contributed by atoms with Crippen LogP contribution in [0.2, 0.25) is 0 Å². The van der Waals surface area contributed by atoms with Gasteiger partial charge in [0.15, 0.2) is 0 Å². The van der Waals surface area contributed by atoms with Crippen molar-refractivity contribution in [2.45, 2.75) is 31.8 Å². The Balaban J connectivity index is 1.55. The molecule has 11 heteroatoms. The molecule has 4 aromatic rings. The van der Waals surface area contributed by atoms with Gasteiger partial charge in [-0.2, -0.15) is 11.3 Å². The molecule has 0 aliphatic carbocycles. The molecule has 0 radical (unpaired) electrons. The van der Waals surface area contributed by atoms with Gasteiger partial charge in [-0.1, -0.05) is 84.9 Å². The third-order valence-electron chi connectivity index (χ3n) is 7.04. The predicted octanol–water partition coefficient (Wildman–Crippen LogP) is 6.15. The Labute approximate surface area is 260 Å². The van der Waals surface area contributed by atoms with E-state index in [-0.39, 0.29) is 13.0 Å². The Morgan fingerprint density at radius 2 is 1.50 bits per heavy atom. The Morgan fingerprint density at radius 1 is 0.864 bits per heavy atom. The summed E-state index contributed by atoms with van der Waals surface area (Å²) in [6, 6.07) is 27.1. The maximum atomic E-state index is 14.1. The van der Waals surface area contributed by atoms with Gasteiger partial charge in [0.05, 0.1) is 13.0 Å². The maximum absolute atomic E-state index is 14.1. The number of hydrogen-bond donors (Lipinski definition) is 3. The highest BCUT2D eigenvalue weighted by atomic mass is 32.1. The van der Waals surface area contributed by atoms with E-state index < -0.39 is 49.2 Å². The molecule has 1 heterocycles. The normalized spacial score (nSPS) is 14.3. The number of methoxy groups -OCH3 is 1. The molecule has 0 spiro atoms. The van der Waals surface area contributed by atoms with Gasteiger partial charge in [0.25, 0.3) is 0 Å². The van der Waals surface area contributed by atoms with Crippen LogP contribution >= 0.6 is 18.7 Å². The molecule has 3 aromatic carbocycles. The fourth-order valence-corrected chi connectivity index (χ4v) is 7.56. The first-order chi connectivity index (χ1) is 21.2. The van der Waals surface area contributed by atoms with Gasteiger partial charge in [0.2, 0.25) is 13.3 Å². The van der Waals surface area contributed by atoms with Crippen molar-refractivity contribution >= 4 is 36.7 Å². The summed E-state index contributed by atoms with van der Waals surface area (Å²) >= 11 is 1.31. The number of benzene rings is 3. The van der Waals surface area contributed by atoms with Crippen LogP contribution in [-0.2, 0) is 36.7 Å². The summed E-state index contributed by atoms with van der Waals surface area (Å²) in [6.07, 6.45) is -1.21. The summed E-state index contributed by atoms with van der Waals surface area (Å²) in [6.45, 7) is 1.46. The van der Waals surface area contributed by atoms with Gasteiger partial charge in [0, 0.05) is 6.16 Å². The topological polar surface area (TPSA) is 131 Å². The molecule has 0 saturated carbocycles. The van der Waals surface area contributed by atoms with Crippen LogP contribution in [0.15, 0.2) is 102 Å². The van der Waals surface area contributed by atoms with Crippen LogP contribution in [0.5, 0.6) is 0 Å². The third kappa shape index (κ3) is 9.13. The number of thiophene rings is 1. The third-order valence-corrected chi connectivity index (χ3v) is 9.94. The molecule has 0 saturated heterocycles. The second kappa shape index (κ2) is 15.5. The molecule has 4 atom stereocenters. The van der Waals surface area contributed by atoms with Crippen LogP contribution in [-0.4, -0.2) is 42.2 Å². The fourth-order valence-electron chi connectivity index (χ4n) is 4.70. The summed E-state index contributed by atoms with van der Waals surface area (Å²) in [5.74, 6) is -3.55. The van der Waals surface area contributed by atoms with Gasteiger partial charge in [0.1, 0.15) is 18.4 Å². The number of esters is 1. The van der Waals surface area contributed by atoms with E-state index in [0.29, 0.717) is 5.56 Å². The monoisotopic (exact) mass is 634 g/mol. The predicted molar refractivity (Wildman–Crippen MR) is 170 cm³/mol. The molecule has 4 rings (SSSR count). The summed E-state index contributed by atoms with van der Waals surface area (Å²) < 4.78 is 24.1. The van der Waals surface area contributed by atoms with Crippen molar-refractivity contribution < 1.29 is 33.3 Å². The molecule has 44 heavy (non-hydrogen) atoms. The van der Waals surface area contributed by atoms with E-state index in [4.69, 9.17) is 9.47 Å². The molecule has 230 valence electrons. The average Bonchev–Trinajstić information content (AvgIpc) is 3.57. The molecule has 0 aliphatic rings. The highest BCUT2D eigenvalue weighted by Gasteiger charge is 2.39. The number of amides is 2. The van der Waals surface area contributed by atoms with Crippen LogP contribution in [0.4, 0.5) is 4.79 Å². The van der Waals surface area contributed by atoms with Crippen molar-refractivity contribution in [3.8, 4) is 11.1 Å². The minimum absolute atomic E-state index is 0.0197. The Morgan fingerprint density at radius 3 is 2.11 bits per heavy atom. The lowest BCUT2D eigenvalue weighted by atomic mass is 9.97. The molecule has 2 amide bonds. The summed E-state index contributed by atoms with van der Waals surface area (Å²) in [4.78, 5) is 49.8. The Kier molecular flexibility index (Phi) is 11.5. The first kappa shape index (κ1) is 32.7. The van der Waals surface area contributed by atoms with Gasteiger partial charge in [-0.05, 0) is 58.0 Å². The number of carbonyl (C=O) groups is 3. The second-order valence-electron chi connectivity index (χ2n) is 10.3. The zero-order valence-corrected chi connectivity index (χ0v) is 26.1. The van der Waals surface area contributed by atoms with E-state index in [1.54, 1.807) is 29.0 Å². The largest absolute Gasteiger partial charge is 0.467 e. The van der Waals surface area contributed by atoms with Crippen LogP contribution in [0, 0.1) is 5.92 Å². The van der Waals surface area contributed by atoms with E-state index in [2.05, 4.69) is 10.6 Å². The zero-order valence-electron chi connectivity index (χ0n) is 24.4. The van der Waals surface area contributed by atoms with Crippen molar-refractivity contribution in [1.29, 1.82) is 0 Å². The molecule has 0 fully saturated rings. The molecular weight excluding hydrogens is 599 g/mol. The summed E-state index contributed by atoms with van der Waals surface area (Å²) in [5, 5.41) is 8.57. The SMILES string of the molecule is COC(=O)[C@H](C)NC(=O)C(Cc1ccc(-c2ccccc2)cc1)CP(=O)(O)C(NC(=O)OCc1ccccc1)c1ccsc1. The van der Waals surface area contributed by atoms with Crippen LogP contribution in [0.25, 0.3) is 11.1 Å². The van der Waals surface area contributed by atoms with E-state index in [0.717, 1.165) is 22.3 Å². The number of hydrogen-bond acceptors (Lipinski definition) is 7. The van der Waals surface area contributed by atoms with Crippen molar-refractivity contribution in [1.82, 2.24) is 10.6 Å².